The van der Waals surface area contributed by atoms with Crippen molar-refractivity contribution in [3.8, 4) is 17.3 Å². The molecule has 44 heavy (non-hydrogen) atoms. The number of hydrogen-bond acceptors (Lipinski definition) is 7. The molecule has 5 heterocycles. The number of piperazine rings is 1. The topological polar surface area (TPSA) is 79.1 Å². The molecule has 1 saturated carbocycles. The van der Waals surface area contributed by atoms with Crippen molar-refractivity contribution in [2.45, 2.75) is 55.8 Å². The van der Waals surface area contributed by atoms with E-state index >= 15 is 0 Å². The first kappa shape index (κ1) is 27.4. The number of carbonyl (C=O) groups is 1. The molecule has 226 valence electrons. The van der Waals surface area contributed by atoms with Crippen molar-refractivity contribution in [1.29, 1.82) is 0 Å². The van der Waals surface area contributed by atoms with Crippen LogP contribution in [0.5, 0.6) is 6.01 Å². The maximum absolute atomic E-state index is 14.5. The molecule has 9 nitrogen and oxygen atoms in total. The van der Waals surface area contributed by atoms with Crippen LogP contribution in [0.4, 0.5) is 10.2 Å². The third-order valence-corrected chi connectivity index (χ3v) is 10.5. The number of rotatable bonds is 7. The molecule has 5 atom stereocenters. The predicted octanol–water partition coefficient (Wildman–Crippen LogP) is 4.43. The lowest BCUT2D eigenvalue weighted by Gasteiger charge is -2.39. The number of hydrogen-bond donors (Lipinski definition) is 0. The summed E-state index contributed by atoms with van der Waals surface area (Å²) in [5.74, 6) is 1.91. The second kappa shape index (κ2) is 10.5. The predicted molar refractivity (Wildman–Crippen MR) is 165 cm³/mol. The Labute approximate surface area is 256 Å². The molecule has 1 aromatic carbocycles. The minimum absolute atomic E-state index is 0.169. The SMILES string of the molecule is [C-]#[N+]C[C@H]1CN(c2nc(OC[C@@]34CCCN3C[C@H](F)C4)nc3nc(-c4cccc5c4C4CC4C5)ccc23)CCN1C(=O)C=C. The molecule has 3 saturated heterocycles. The highest BCUT2D eigenvalue weighted by Crippen LogP contribution is 2.58. The zero-order valence-electron chi connectivity index (χ0n) is 24.8. The molecular weight excluding hydrogens is 557 g/mol. The zero-order chi connectivity index (χ0) is 30.0. The van der Waals surface area contributed by atoms with Gasteiger partial charge in [-0.15, -0.1) is 0 Å². The van der Waals surface area contributed by atoms with E-state index in [0.717, 1.165) is 42.8 Å². The number of pyridine rings is 1. The van der Waals surface area contributed by atoms with Gasteiger partial charge in [-0.05, 0) is 73.4 Å². The Morgan fingerprint density at radius 3 is 2.95 bits per heavy atom. The largest absolute Gasteiger partial charge is 0.461 e. The van der Waals surface area contributed by atoms with Crippen LogP contribution in [0, 0.1) is 12.5 Å². The maximum Gasteiger partial charge on any atom is 0.320 e. The zero-order valence-corrected chi connectivity index (χ0v) is 24.8. The fourth-order valence-corrected chi connectivity index (χ4v) is 8.36. The Morgan fingerprint density at radius 1 is 1.18 bits per heavy atom. The van der Waals surface area contributed by atoms with E-state index in [9.17, 15) is 9.18 Å². The van der Waals surface area contributed by atoms with Crippen molar-refractivity contribution in [3.05, 3.63) is 65.5 Å². The van der Waals surface area contributed by atoms with Gasteiger partial charge in [-0.1, -0.05) is 24.8 Å². The molecule has 3 aromatic rings. The molecule has 0 N–H and O–H groups in total. The normalized spacial score (nSPS) is 28.8. The number of benzene rings is 1. The Bertz CT molecular complexity index is 1710. The van der Waals surface area contributed by atoms with Crippen molar-refractivity contribution < 1.29 is 13.9 Å². The fourth-order valence-electron chi connectivity index (χ4n) is 8.36. The van der Waals surface area contributed by atoms with E-state index < -0.39 is 6.17 Å². The highest BCUT2D eigenvalue weighted by Gasteiger charge is 2.49. The minimum atomic E-state index is -0.844. The molecule has 0 radical (unpaired) electrons. The number of anilines is 1. The Kier molecular flexibility index (Phi) is 6.56. The lowest BCUT2D eigenvalue weighted by molar-refractivity contribution is -0.128. The first-order valence-corrected chi connectivity index (χ1v) is 15.8. The first-order chi connectivity index (χ1) is 21.5. The molecule has 8 rings (SSSR count). The summed E-state index contributed by atoms with van der Waals surface area (Å²) in [6, 6.07) is 10.6. The second-order valence-electron chi connectivity index (χ2n) is 13.1. The third-order valence-electron chi connectivity index (χ3n) is 10.5. The second-order valence-corrected chi connectivity index (χ2v) is 13.1. The molecule has 3 aliphatic heterocycles. The van der Waals surface area contributed by atoms with Gasteiger partial charge in [-0.2, -0.15) is 9.97 Å². The number of alkyl halides is 1. The van der Waals surface area contributed by atoms with E-state index in [2.05, 4.69) is 45.5 Å². The average molecular weight is 594 g/mol. The molecule has 10 heteroatoms. The summed E-state index contributed by atoms with van der Waals surface area (Å²) in [5.41, 5.74) is 5.15. The van der Waals surface area contributed by atoms with Crippen LogP contribution in [0.1, 0.15) is 42.7 Å². The molecular formula is C34H36FN7O2. The molecule has 0 bridgehead atoms. The van der Waals surface area contributed by atoms with Crippen molar-refractivity contribution >= 4 is 22.8 Å². The summed E-state index contributed by atoms with van der Waals surface area (Å²) in [5, 5.41) is 0.799. The van der Waals surface area contributed by atoms with Crippen LogP contribution in [0.3, 0.4) is 0 Å². The number of halogens is 1. The van der Waals surface area contributed by atoms with Crippen molar-refractivity contribution in [2.75, 3.05) is 50.8 Å². The Morgan fingerprint density at radius 2 is 2.09 bits per heavy atom. The van der Waals surface area contributed by atoms with Gasteiger partial charge in [-0.3, -0.25) is 9.69 Å². The van der Waals surface area contributed by atoms with Crippen LogP contribution in [0.15, 0.2) is 43.0 Å². The van der Waals surface area contributed by atoms with Crippen molar-refractivity contribution in [3.63, 3.8) is 0 Å². The summed E-state index contributed by atoms with van der Waals surface area (Å²) in [6.07, 6.45) is 5.27. The van der Waals surface area contributed by atoms with Crippen molar-refractivity contribution in [1.82, 2.24) is 24.8 Å². The van der Waals surface area contributed by atoms with E-state index in [4.69, 9.17) is 26.3 Å². The van der Waals surface area contributed by atoms with Gasteiger partial charge in [-0.25, -0.2) is 15.9 Å². The smallest absolute Gasteiger partial charge is 0.320 e. The summed E-state index contributed by atoms with van der Waals surface area (Å²) >= 11 is 0. The number of nitrogens with zero attached hydrogens (tertiary/aromatic N) is 7. The van der Waals surface area contributed by atoms with E-state index in [1.54, 1.807) is 4.90 Å². The number of fused-ring (bicyclic) bond motifs is 5. The van der Waals surface area contributed by atoms with Crippen LogP contribution in [-0.2, 0) is 11.2 Å². The lowest BCUT2D eigenvalue weighted by Crippen LogP contribution is -2.56. The average Bonchev–Trinajstić information content (AvgIpc) is 3.36. The molecule has 4 fully saturated rings. The highest BCUT2D eigenvalue weighted by atomic mass is 19.1. The highest BCUT2D eigenvalue weighted by molar-refractivity contribution is 5.90. The van der Waals surface area contributed by atoms with E-state index in [1.807, 2.05) is 6.07 Å². The summed E-state index contributed by atoms with van der Waals surface area (Å²) in [6.45, 7) is 14.5. The van der Waals surface area contributed by atoms with Gasteiger partial charge in [0.05, 0.1) is 16.6 Å². The number of amides is 1. The Hall–Kier alpha value is -4.10. The number of aromatic nitrogens is 3. The first-order valence-electron chi connectivity index (χ1n) is 15.8. The van der Waals surface area contributed by atoms with Crippen LogP contribution in [0.25, 0.3) is 27.1 Å². The van der Waals surface area contributed by atoms with Gasteiger partial charge in [0.15, 0.2) is 5.65 Å². The molecule has 1 amide bonds. The molecule has 5 aliphatic rings. The van der Waals surface area contributed by atoms with Gasteiger partial charge >= 0.3 is 6.01 Å². The van der Waals surface area contributed by atoms with E-state index in [0.29, 0.717) is 56.6 Å². The lowest BCUT2D eigenvalue weighted by atomic mass is 9.95. The van der Waals surface area contributed by atoms with E-state index in [1.165, 1.54) is 29.2 Å². The number of ether oxygens (including phenoxy) is 1. The molecule has 2 aromatic heterocycles. The quantitative estimate of drug-likeness (QED) is 0.296. The maximum atomic E-state index is 14.5. The van der Waals surface area contributed by atoms with Gasteiger partial charge in [0.2, 0.25) is 12.5 Å². The van der Waals surface area contributed by atoms with Crippen LogP contribution in [0.2, 0.25) is 0 Å². The summed E-state index contributed by atoms with van der Waals surface area (Å²) in [4.78, 5) is 37.1. The Balaban J connectivity index is 1.17. The minimum Gasteiger partial charge on any atom is -0.461 e. The molecule has 0 spiro atoms. The van der Waals surface area contributed by atoms with Crippen molar-refractivity contribution in [2.24, 2.45) is 5.92 Å². The fraction of sp³-hybridized carbons (Fsp3) is 0.500. The van der Waals surface area contributed by atoms with Crippen LogP contribution < -0.4 is 9.64 Å². The van der Waals surface area contributed by atoms with E-state index in [-0.39, 0.29) is 30.0 Å². The molecule has 2 aliphatic carbocycles. The summed E-state index contributed by atoms with van der Waals surface area (Å²) < 4.78 is 20.8. The monoisotopic (exact) mass is 593 g/mol. The van der Waals surface area contributed by atoms with Gasteiger partial charge < -0.3 is 19.4 Å². The van der Waals surface area contributed by atoms with Crippen LogP contribution >= 0.6 is 0 Å². The summed E-state index contributed by atoms with van der Waals surface area (Å²) in [7, 11) is 0. The van der Waals surface area contributed by atoms with Gasteiger partial charge in [0.1, 0.15) is 24.6 Å². The molecule has 2 unspecified atom stereocenters. The van der Waals surface area contributed by atoms with Gasteiger partial charge in [0.25, 0.3) is 0 Å². The number of carbonyl (C=O) groups excluding carboxylic acids is 1. The standard InChI is InChI=1S/C34H36FN7O2/c1-3-29(43)42-13-12-40(19-24(42)17-36-2)32-26-8-9-28(25-7-4-6-21-14-22-15-27(22)30(21)25)37-31(26)38-33(39-32)44-20-34-10-5-11-41(34)18-23(35)16-34/h3-4,6-9,22-24,27H,1,5,10-20H2/t22?,23-,24+,27?,34+/m1/s1. The van der Waals surface area contributed by atoms with Gasteiger partial charge in [0, 0.05) is 38.2 Å². The third kappa shape index (κ3) is 4.52. The van der Waals surface area contributed by atoms with Crippen LogP contribution in [-0.4, -0.2) is 94.3 Å².